The Morgan fingerprint density at radius 2 is 1.82 bits per heavy atom. The van der Waals surface area contributed by atoms with Crippen LogP contribution in [0.1, 0.15) is 34.6 Å². The number of aliphatic hydroxyl groups is 1. The monoisotopic (exact) mass is 236 g/mol. The predicted octanol–water partition coefficient (Wildman–Crippen LogP) is 1.67. The number of hydrogen-bond donors (Lipinski definition) is 1. The number of benzene rings is 1. The summed E-state index contributed by atoms with van der Waals surface area (Å²) in [5.74, 6) is -0.855. The van der Waals surface area contributed by atoms with Gasteiger partial charge in [0.1, 0.15) is 6.61 Å². The van der Waals surface area contributed by atoms with Crippen molar-refractivity contribution in [3.05, 3.63) is 35.4 Å². The normalized spacial score (nSPS) is 10.4. The molecular formula is C13H16O4. The van der Waals surface area contributed by atoms with Gasteiger partial charge in [0.25, 0.3) is 0 Å². The van der Waals surface area contributed by atoms with E-state index in [1.807, 2.05) is 0 Å². The summed E-state index contributed by atoms with van der Waals surface area (Å²) >= 11 is 0. The Bertz CT molecular complexity index is 410. The standard InChI is InChI=1S/C13H16O4/c1-9(2)12(15)10-5-3-4-6-11(10)13(16)17-8-7-14/h3-6,9,14H,7-8H2,1-2H3. The summed E-state index contributed by atoms with van der Waals surface area (Å²) in [6, 6.07) is 6.54. The molecule has 1 N–H and O–H groups in total. The van der Waals surface area contributed by atoms with Gasteiger partial charge >= 0.3 is 5.97 Å². The molecule has 0 aliphatic heterocycles. The minimum atomic E-state index is -0.580. The van der Waals surface area contributed by atoms with E-state index in [2.05, 4.69) is 0 Å². The first-order valence-corrected chi connectivity index (χ1v) is 5.49. The molecule has 0 unspecified atom stereocenters. The number of hydrogen-bond acceptors (Lipinski definition) is 4. The molecule has 1 aromatic rings. The van der Waals surface area contributed by atoms with Gasteiger partial charge in [-0.05, 0) is 6.07 Å². The smallest absolute Gasteiger partial charge is 0.338 e. The molecule has 0 atom stereocenters. The third-order valence-corrected chi connectivity index (χ3v) is 2.26. The summed E-state index contributed by atoms with van der Waals surface area (Å²) < 4.78 is 4.81. The molecule has 4 heteroatoms. The maximum absolute atomic E-state index is 11.9. The van der Waals surface area contributed by atoms with Crippen LogP contribution in [0.5, 0.6) is 0 Å². The molecular weight excluding hydrogens is 220 g/mol. The van der Waals surface area contributed by atoms with Crippen LogP contribution < -0.4 is 0 Å². The first kappa shape index (κ1) is 13.4. The molecule has 0 spiro atoms. The highest BCUT2D eigenvalue weighted by atomic mass is 16.5. The van der Waals surface area contributed by atoms with E-state index in [4.69, 9.17) is 9.84 Å². The molecule has 0 saturated heterocycles. The minimum absolute atomic E-state index is 0.0664. The van der Waals surface area contributed by atoms with Crippen LogP contribution in [-0.2, 0) is 4.74 Å². The number of esters is 1. The Labute approximate surface area is 100 Å². The van der Waals surface area contributed by atoms with Crippen LogP contribution >= 0.6 is 0 Å². The number of carbonyl (C=O) groups excluding carboxylic acids is 2. The van der Waals surface area contributed by atoms with Gasteiger partial charge in [-0.1, -0.05) is 32.0 Å². The molecule has 17 heavy (non-hydrogen) atoms. The van der Waals surface area contributed by atoms with Crippen LogP contribution in [0.4, 0.5) is 0 Å². The van der Waals surface area contributed by atoms with E-state index in [9.17, 15) is 9.59 Å². The SMILES string of the molecule is CC(C)C(=O)c1ccccc1C(=O)OCCO. The van der Waals surface area contributed by atoms with Crippen molar-refractivity contribution < 1.29 is 19.4 Å². The van der Waals surface area contributed by atoms with Crippen molar-refractivity contribution in [2.45, 2.75) is 13.8 Å². The molecule has 4 nitrogen and oxygen atoms in total. The lowest BCUT2D eigenvalue weighted by molar-refractivity contribution is 0.0431. The highest BCUT2D eigenvalue weighted by molar-refractivity contribution is 6.07. The number of rotatable bonds is 5. The predicted molar refractivity (Wildman–Crippen MR) is 63.0 cm³/mol. The fraction of sp³-hybridized carbons (Fsp3) is 0.385. The Hall–Kier alpha value is -1.68. The van der Waals surface area contributed by atoms with Crippen LogP contribution in [0, 0.1) is 5.92 Å². The third kappa shape index (κ3) is 3.39. The number of ether oxygens (including phenoxy) is 1. The number of carbonyl (C=O) groups is 2. The zero-order valence-electron chi connectivity index (χ0n) is 9.97. The van der Waals surface area contributed by atoms with Crippen LogP contribution in [-0.4, -0.2) is 30.1 Å². The van der Waals surface area contributed by atoms with E-state index < -0.39 is 5.97 Å². The second kappa shape index (κ2) is 6.15. The maximum Gasteiger partial charge on any atom is 0.338 e. The largest absolute Gasteiger partial charge is 0.460 e. The molecule has 0 radical (unpaired) electrons. The molecule has 0 aromatic heterocycles. The van der Waals surface area contributed by atoms with Gasteiger partial charge < -0.3 is 9.84 Å². The van der Waals surface area contributed by atoms with Gasteiger partial charge in [0.15, 0.2) is 5.78 Å². The fourth-order valence-electron chi connectivity index (χ4n) is 1.40. The highest BCUT2D eigenvalue weighted by Gasteiger charge is 2.19. The summed E-state index contributed by atoms with van der Waals surface area (Å²) in [4.78, 5) is 23.6. The van der Waals surface area contributed by atoms with Crippen LogP contribution in [0.2, 0.25) is 0 Å². The quantitative estimate of drug-likeness (QED) is 0.624. The molecule has 0 aliphatic rings. The van der Waals surface area contributed by atoms with Crippen LogP contribution in [0.3, 0.4) is 0 Å². The Morgan fingerprint density at radius 1 is 1.24 bits per heavy atom. The Morgan fingerprint density at radius 3 is 2.35 bits per heavy atom. The maximum atomic E-state index is 11.9. The average Bonchev–Trinajstić information content (AvgIpc) is 2.34. The Balaban J connectivity index is 2.99. The first-order chi connectivity index (χ1) is 8.07. The third-order valence-electron chi connectivity index (χ3n) is 2.26. The van der Waals surface area contributed by atoms with Crippen molar-refractivity contribution in [1.29, 1.82) is 0 Å². The topological polar surface area (TPSA) is 63.6 Å². The molecule has 1 rings (SSSR count). The van der Waals surface area contributed by atoms with E-state index in [0.717, 1.165) is 0 Å². The Kier molecular flexibility index (Phi) is 4.84. The van der Waals surface area contributed by atoms with Crippen LogP contribution in [0.25, 0.3) is 0 Å². The minimum Gasteiger partial charge on any atom is -0.460 e. The van der Waals surface area contributed by atoms with Gasteiger partial charge in [0.2, 0.25) is 0 Å². The second-order valence-electron chi connectivity index (χ2n) is 3.92. The van der Waals surface area contributed by atoms with Crippen molar-refractivity contribution in [3.8, 4) is 0 Å². The van der Waals surface area contributed by atoms with Gasteiger partial charge in [0.05, 0.1) is 12.2 Å². The van der Waals surface area contributed by atoms with E-state index in [-0.39, 0.29) is 30.5 Å². The molecule has 92 valence electrons. The van der Waals surface area contributed by atoms with E-state index >= 15 is 0 Å². The molecule has 1 aromatic carbocycles. The molecule has 0 amide bonds. The number of Topliss-reactive ketones (excluding diaryl/α,β-unsaturated/α-hetero) is 1. The van der Waals surface area contributed by atoms with Gasteiger partial charge in [-0.3, -0.25) is 4.79 Å². The molecule has 0 bridgehead atoms. The summed E-state index contributed by atoms with van der Waals surface area (Å²) in [5, 5.41) is 8.58. The van der Waals surface area contributed by atoms with Crippen LogP contribution in [0.15, 0.2) is 24.3 Å². The first-order valence-electron chi connectivity index (χ1n) is 5.49. The lowest BCUT2D eigenvalue weighted by atomic mass is 9.96. The molecule has 0 aliphatic carbocycles. The average molecular weight is 236 g/mol. The molecule has 0 heterocycles. The van der Waals surface area contributed by atoms with Gasteiger partial charge in [-0.2, -0.15) is 0 Å². The zero-order valence-corrected chi connectivity index (χ0v) is 9.97. The van der Waals surface area contributed by atoms with Crippen molar-refractivity contribution in [2.24, 2.45) is 5.92 Å². The molecule has 0 saturated carbocycles. The summed E-state index contributed by atoms with van der Waals surface area (Å²) in [6.45, 7) is 3.26. The van der Waals surface area contributed by atoms with Crippen molar-refractivity contribution in [3.63, 3.8) is 0 Å². The lowest BCUT2D eigenvalue weighted by Gasteiger charge is -2.09. The fourth-order valence-corrected chi connectivity index (χ4v) is 1.40. The zero-order chi connectivity index (χ0) is 12.8. The lowest BCUT2D eigenvalue weighted by Crippen LogP contribution is -2.16. The summed E-state index contributed by atoms with van der Waals surface area (Å²) in [6.07, 6.45) is 0. The second-order valence-corrected chi connectivity index (χ2v) is 3.92. The van der Waals surface area contributed by atoms with Crippen molar-refractivity contribution >= 4 is 11.8 Å². The van der Waals surface area contributed by atoms with E-state index in [0.29, 0.717) is 5.56 Å². The summed E-state index contributed by atoms with van der Waals surface area (Å²) in [5.41, 5.74) is 0.616. The molecule has 0 fully saturated rings. The van der Waals surface area contributed by atoms with Gasteiger partial charge in [-0.15, -0.1) is 0 Å². The summed E-state index contributed by atoms with van der Waals surface area (Å²) in [7, 11) is 0. The van der Waals surface area contributed by atoms with Crippen molar-refractivity contribution in [2.75, 3.05) is 13.2 Å². The van der Waals surface area contributed by atoms with E-state index in [1.165, 1.54) is 0 Å². The highest BCUT2D eigenvalue weighted by Crippen LogP contribution is 2.15. The van der Waals surface area contributed by atoms with Crippen molar-refractivity contribution in [1.82, 2.24) is 0 Å². The van der Waals surface area contributed by atoms with Gasteiger partial charge in [-0.25, -0.2) is 4.79 Å². The van der Waals surface area contributed by atoms with E-state index in [1.54, 1.807) is 38.1 Å². The number of ketones is 1. The number of aliphatic hydroxyl groups excluding tert-OH is 1. The van der Waals surface area contributed by atoms with Gasteiger partial charge in [0, 0.05) is 11.5 Å².